The van der Waals surface area contributed by atoms with E-state index in [9.17, 15) is 4.79 Å². The number of ether oxygens (including phenoxy) is 1. The van der Waals surface area contributed by atoms with Crippen LogP contribution in [0.15, 0.2) is 24.3 Å². The standard InChI is InChI=1S/C13H19NO2/c1-3-9-14-10-11-5-7-12(8-6-11)13(15)16-4-2/h5-8,14H,3-4,9-10H2,1-2H3. The molecule has 0 aliphatic rings. The quantitative estimate of drug-likeness (QED) is 0.592. The van der Waals surface area contributed by atoms with Crippen LogP contribution in [-0.2, 0) is 11.3 Å². The number of benzene rings is 1. The average Bonchev–Trinajstić information content (AvgIpc) is 2.30. The average molecular weight is 221 g/mol. The van der Waals surface area contributed by atoms with E-state index in [1.165, 1.54) is 5.56 Å². The first-order chi connectivity index (χ1) is 7.77. The molecular weight excluding hydrogens is 202 g/mol. The van der Waals surface area contributed by atoms with Gasteiger partial charge in [0.15, 0.2) is 0 Å². The van der Waals surface area contributed by atoms with Gasteiger partial charge in [0.05, 0.1) is 12.2 Å². The first kappa shape index (κ1) is 12.7. The second kappa shape index (κ2) is 7.01. The largest absolute Gasteiger partial charge is 0.462 e. The molecule has 0 amide bonds. The monoisotopic (exact) mass is 221 g/mol. The summed E-state index contributed by atoms with van der Waals surface area (Å²) in [6, 6.07) is 7.52. The number of esters is 1. The lowest BCUT2D eigenvalue weighted by Gasteiger charge is -2.05. The van der Waals surface area contributed by atoms with Crippen LogP contribution in [0.1, 0.15) is 36.2 Å². The van der Waals surface area contributed by atoms with Gasteiger partial charge >= 0.3 is 5.97 Å². The van der Waals surface area contributed by atoms with Crippen molar-refractivity contribution >= 4 is 5.97 Å². The molecule has 0 atom stereocenters. The Morgan fingerprint density at radius 3 is 2.50 bits per heavy atom. The van der Waals surface area contributed by atoms with E-state index in [1.807, 2.05) is 12.1 Å². The molecule has 1 rings (SSSR count). The summed E-state index contributed by atoms with van der Waals surface area (Å²) in [6.07, 6.45) is 1.13. The molecule has 1 aromatic carbocycles. The second-order valence-corrected chi connectivity index (χ2v) is 3.59. The Kier molecular flexibility index (Phi) is 5.57. The van der Waals surface area contributed by atoms with Crippen molar-refractivity contribution in [1.82, 2.24) is 5.32 Å². The minimum absolute atomic E-state index is 0.254. The molecule has 0 aliphatic heterocycles. The van der Waals surface area contributed by atoms with Crippen molar-refractivity contribution in [2.45, 2.75) is 26.8 Å². The molecule has 16 heavy (non-hydrogen) atoms. The van der Waals surface area contributed by atoms with E-state index >= 15 is 0 Å². The molecule has 0 saturated carbocycles. The first-order valence-electron chi connectivity index (χ1n) is 5.74. The molecule has 0 heterocycles. The van der Waals surface area contributed by atoms with Crippen molar-refractivity contribution in [3.05, 3.63) is 35.4 Å². The smallest absolute Gasteiger partial charge is 0.338 e. The van der Waals surface area contributed by atoms with Crippen LogP contribution in [0.25, 0.3) is 0 Å². The number of hydrogen-bond donors (Lipinski definition) is 1. The highest BCUT2D eigenvalue weighted by atomic mass is 16.5. The zero-order valence-electron chi connectivity index (χ0n) is 9.95. The highest BCUT2D eigenvalue weighted by Gasteiger charge is 2.04. The zero-order valence-corrected chi connectivity index (χ0v) is 9.95. The van der Waals surface area contributed by atoms with Gasteiger partial charge in [0, 0.05) is 6.54 Å². The lowest BCUT2D eigenvalue weighted by Crippen LogP contribution is -2.13. The molecule has 0 bridgehead atoms. The number of rotatable bonds is 6. The normalized spacial score (nSPS) is 10.1. The molecule has 0 fully saturated rings. The Bertz CT molecular complexity index is 319. The number of nitrogens with one attached hydrogen (secondary N) is 1. The van der Waals surface area contributed by atoms with Gasteiger partial charge in [-0.3, -0.25) is 0 Å². The van der Waals surface area contributed by atoms with E-state index in [1.54, 1.807) is 19.1 Å². The van der Waals surface area contributed by atoms with Gasteiger partial charge in [0.2, 0.25) is 0 Å². The zero-order chi connectivity index (χ0) is 11.8. The number of carbonyl (C=O) groups is 1. The van der Waals surface area contributed by atoms with Gasteiger partial charge in [-0.15, -0.1) is 0 Å². The van der Waals surface area contributed by atoms with Crippen molar-refractivity contribution in [2.24, 2.45) is 0 Å². The Balaban J connectivity index is 2.50. The summed E-state index contributed by atoms with van der Waals surface area (Å²) < 4.78 is 4.91. The van der Waals surface area contributed by atoms with Crippen LogP contribution in [0.3, 0.4) is 0 Å². The van der Waals surface area contributed by atoms with Gasteiger partial charge in [-0.25, -0.2) is 4.79 Å². The molecule has 0 saturated heterocycles. The summed E-state index contributed by atoms with van der Waals surface area (Å²) in [5, 5.41) is 3.31. The van der Waals surface area contributed by atoms with Crippen LogP contribution in [0.2, 0.25) is 0 Å². The highest BCUT2D eigenvalue weighted by molar-refractivity contribution is 5.89. The SMILES string of the molecule is CCCNCc1ccc(C(=O)OCC)cc1. The molecule has 88 valence electrons. The van der Waals surface area contributed by atoms with Crippen molar-refractivity contribution in [2.75, 3.05) is 13.2 Å². The van der Waals surface area contributed by atoms with Crippen LogP contribution in [-0.4, -0.2) is 19.1 Å². The predicted octanol–water partition coefficient (Wildman–Crippen LogP) is 2.36. The summed E-state index contributed by atoms with van der Waals surface area (Å²) in [7, 11) is 0. The number of carbonyl (C=O) groups excluding carboxylic acids is 1. The maximum Gasteiger partial charge on any atom is 0.338 e. The fraction of sp³-hybridized carbons (Fsp3) is 0.462. The maximum absolute atomic E-state index is 11.4. The summed E-state index contributed by atoms with van der Waals surface area (Å²) in [6.45, 7) is 6.22. The molecule has 3 heteroatoms. The summed E-state index contributed by atoms with van der Waals surface area (Å²) >= 11 is 0. The van der Waals surface area contributed by atoms with E-state index in [0.29, 0.717) is 12.2 Å². The Hall–Kier alpha value is -1.35. The Labute approximate surface area is 96.8 Å². The molecule has 0 radical (unpaired) electrons. The summed E-state index contributed by atoms with van der Waals surface area (Å²) in [5.74, 6) is -0.254. The fourth-order valence-electron chi connectivity index (χ4n) is 1.38. The molecule has 0 spiro atoms. The van der Waals surface area contributed by atoms with Gasteiger partial charge < -0.3 is 10.1 Å². The predicted molar refractivity (Wildman–Crippen MR) is 64.4 cm³/mol. The van der Waals surface area contributed by atoms with Crippen LogP contribution >= 0.6 is 0 Å². The third-order valence-electron chi connectivity index (χ3n) is 2.22. The van der Waals surface area contributed by atoms with Gasteiger partial charge in [-0.05, 0) is 37.6 Å². The van der Waals surface area contributed by atoms with E-state index in [2.05, 4.69) is 12.2 Å². The van der Waals surface area contributed by atoms with Crippen molar-refractivity contribution in [3.8, 4) is 0 Å². The third kappa shape index (κ3) is 4.03. The van der Waals surface area contributed by atoms with Crippen molar-refractivity contribution < 1.29 is 9.53 Å². The van der Waals surface area contributed by atoms with Crippen LogP contribution < -0.4 is 5.32 Å². The lowest BCUT2D eigenvalue weighted by molar-refractivity contribution is 0.0526. The molecule has 1 aromatic rings. The van der Waals surface area contributed by atoms with Gasteiger partial charge in [0.25, 0.3) is 0 Å². The lowest BCUT2D eigenvalue weighted by atomic mass is 10.1. The van der Waals surface area contributed by atoms with Gasteiger partial charge in [-0.2, -0.15) is 0 Å². The third-order valence-corrected chi connectivity index (χ3v) is 2.22. The molecule has 0 unspecified atom stereocenters. The molecule has 0 aromatic heterocycles. The Morgan fingerprint density at radius 1 is 1.25 bits per heavy atom. The van der Waals surface area contributed by atoms with Crippen LogP contribution in [0, 0.1) is 0 Å². The van der Waals surface area contributed by atoms with E-state index < -0.39 is 0 Å². The molecule has 0 aliphatic carbocycles. The minimum Gasteiger partial charge on any atom is -0.462 e. The summed E-state index contributed by atoms with van der Waals surface area (Å²) in [5.41, 5.74) is 1.79. The second-order valence-electron chi connectivity index (χ2n) is 3.59. The van der Waals surface area contributed by atoms with Crippen LogP contribution in [0.4, 0.5) is 0 Å². The summed E-state index contributed by atoms with van der Waals surface area (Å²) in [4.78, 5) is 11.4. The van der Waals surface area contributed by atoms with Crippen molar-refractivity contribution in [1.29, 1.82) is 0 Å². The highest BCUT2D eigenvalue weighted by Crippen LogP contribution is 2.05. The topological polar surface area (TPSA) is 38.3 Å². The van der Waals surface area contributed by atoms with Gasteiger partial charge in [0.1, 0.15) is 0 Å². The van der Waals surface area contributed by atoms with E-state index in [-0.39, 0.29) is 5.97 Å². The Morgan fingerprint density at radius 2 is 1.94 bits per heavy atom. The molecule has 1 N–H and O–H groups in total. The first-order valence-corrected chi connectivity index (χ1v) is 5.74. The maximum atomic E-state index is 11.4. The molecule has 3 nitrogen and oxygen atoms in total. The van der Waals surface area contributed by atoms with Crippen molar-refractivity contribution in [3.63, 3.8) is 0 Å². The fourth-order valence-corrected chi connectivity index (χ4v) is 1.38. The van der Waals surface area contributed by atoms with E-state index in [0.717, 1.165) is 19.5 Å². The van der Waals surface area contributed by atoms with Gasteiger partial charge in [-0.1, -0.05) is 19.1 Å². The molecular formula is C13H19NO2. The minimum atomic E-state index is -0.254. The number of hydrogen-bond acceptors (Lipinski definition) is 3. The van der Waals surface area contributed by atoms with Crippen LogP contribution in [0.5, 0.6) is 0 Å². The van der Waals surface area contributed by atoms with E-state index in [4.69, 9.17) is 4.74 Å².